The monoisotopic (exact) mass is 401 g/mol. The predicted molar refractivity (Wildman–Crippen MR) is 90.2 cm³/mol. The van der Waals surface area contributed by atoms with Crippen LogP contribution in [0.5, 0.6) is 0 Å². The number of hydrogen-bond donors (Lipinski definition) is 0. The molecule has 0 unspecified atom stereocenters. The van der Waals surface area contributed by atoms with E-state index in [1.165, 1.54) is 12.3 Å². The van der Waals surface area contributed by atoms with Crippen molar-refractivity contribution in [3.63, 3.8) is 0 Å². The quantitative estimate of drug-likeness (QED) is 0.561. The average Bonchev–Trinajstić information content (AvgIpc) is 2.59. The van der Waals surface area contributed by atoms with E-state index in [9.17, 15) is 31.2 Å². The predicted octanol–water partition coefficient (Wildman–Crippen LogP) is 1.78. The van der Waals surface area contributed by atoms with Crippen molar-refractivity contribution in [1.29, 1.82) is 0 Å². The van der Waals surface area contributed by atoms with Gasteiger partial charge in [-0.25, -0.2) is 13.1 Å². The molecular weight excluding hydrogens is 387 g/mol. The molecule has 0 spiro atoms. The average molecular weight is 401 g/mol. The summed E-state index contributed by atoms with van der Waals surface area (Å²) in [6, 6.07) is 4.94. The van der Waals surface area contributed by atoms with Crippen molar-refractivity contribution in [2.24, 2.45) is 0 Å². The van der Waals surface area contributed by atoms with Gasteiger partial charge in [0.25, 0.3) is 9.84 Å². The molecule has 0 saturated carbocycles. The van der Waals surface area contributed by atoms with E-state index in [2.05, 4.69) is 5.10 Å². The molecular formula is C16H14F3N3O4S. The second-order valence-electron chi connectivity index (χ2n) is 5.56. The minimum absolute atomic E-state index is 0.0639. The Morgan fingerprint density at radius 1 is 1.22 bits per heavy atom. The molecule has 0 N–H and O–H groups in total. The Bertz CT molecular complexity index is 1060. The molecule has 27 heavy (non-hydrogen) atoms. The molecule has 1 aromatic heterocycles. The van der Waals surface area contributed by atoms with Crippen molar-refractivity contribution in [1.82, 2.24) is 14.7 Å². The molecule has 0 amide bonds. The molecule has 1 aromatic carbocycles. The van der Waals surface area contributed by atoms with E-state index in [1.54, 1.807) is 19.0 Å². The number of alkyl halides is 3. The van der Waals surface area contributed by atoms with Crippen LogP contribution in [0.15, 0.2) is 58.5 Å². The number of nitrogens with zero attached hydrogens (tertiary/aromatic N) is 3. The van der Waals surface area contributed by atoms with E-state index in [0.29, 0.717) is 0 Å². The molecule has 0 fully saturated rings. The molecule has 2 rings (SSSR count). The van der Waals surface area contributed by atoms with Crippen LogP contribution in [-0.2, 0) is 9.84 Å². The Kier molecular flexibility index (Phi) is 5.54. The van der Waals surface area contributed by atoms with Gasteiger partial charge < -0.3 is 4.90 Å². The number of ketones is 1. The van der Waals surface area contributed by atoms with Crippen LogP contribution < -0.4 is 5.43 Å². The highest BCUT2D eigenvalue weighted by atomic mass is 32.2. The Hall–Kier alpha value is -2.95. The molecule has 0 aliphatic rings. The zero-order valence-corrected chi connectivity index (χ0v) is 15.0. The summed E-state index contributed by atoms with van der Waals surface area (Å²) in [5.41, 5.74) is -6.66. The lowest BCUT2D eigenvalue weighted by atomic mass is 10.2. The largest absolute Gasteiger partial charge is 0.501 e. The Morgan fingerprint density at radius 2 is 1.89 bits per heavy atom. The number of hydrogen-bond acceptors (Lipinski definition) is 6. The Labute approximate surface area is 152 Å². The fourth-order valence-corrected chi connectivity index (χ4v) is 2.75. The number of rotatable bonds is 5. The van der Waals surface area contributed by atoms with Gasteiger partial charge in [-0.2, -0.15) is 18.3 Å². The van der Waals surface area contributed by atoms with Gasteiger partial charge >= 0.3 is 5.51 Å². The van der Waals surface area contributed by atoms with Gasteiger partial charge in [0.2, 0.25) is 11.2 Å². The van der Waals surface area contributed by atoms with Gasteiger partial charge in [-0.05, 0) is 18.2 Å². The van der Waals surface area contributed by atoms with Crippen LogP contribution in [0.3, 0.4) is 0 Å². The number of halogens is 3. The van der Waals surface area contributed by atoms with Crippen molar-refractivity contribution in [3.05, 3.63) is 64.7 Å². The zero-order chi connectivity index (χ0) is 20.4. The van der Waals surface area contributed by atoms with Gasteiger partial charge in [-0.15, -0.1) is 0 Å². The normalized spacial score (nSPS) is 12.3. The summed E-state index contributed by atoms with van der Waals surface area (Å²) in [4.78, 5) is 24.5. The van der Waals surface area contributed by atoms with E-state index in [-0.39, 0.29) is 5.69 Å². The van der Waals surface area contributed by atoms with Crippen molar-refractivity contribution >= 4 is 15.6 Å². The molecule has 0 radical (unpaired) electrons. The third-order valence-corrected chi connectivity index (χ3v) is 4.75. The summed E-state index contributed by atoms with van der Waals surface area (Å²) in [5, 5.41) is 3.81. The van der Waals surface area contributed by atoms with Gasteiger partial charge in [-0.3, -0.25) is 9.59 Å². The van der Waals surface area contributed by atoms with Gasteiger partial charge in [0.05, 0.1) is 10.6 Å². The van der Waals surface area contributed by atoms with Crippen molar-refractivity contribution in [3.8, 4) is 5.69 Å². The van der Waals surface area contributed by atoms with Crippen molar-refractivity contribution in [2.45, 2.75) is 10.4 Å². The fourth-order valence-electron chi connectivity index (χ4n) is 1.94. The Morgan fingerprint density at radius 3 is 2.48 bits per heavy atom. The zero-order valence-electron chi connectivity index (χ0n) is 14.1. The van der Waals surface area contributed by atoms with Crippen LogP contribution in [0, 0.1) is 0 Å². The summed E-state index contributed by atoms with van der Waals surface area (Å²) in [7, 11) is -2.23. The molecule has 11 heteroatoms. The minimum Gasteiger partial charge on any atom is -0.383 e. The number of carbonyl (C=O) groups is 1. The first kappa shape index (κ1) is 20.4. The molecule has 0 saturated heterocycles. The van der Waals surface area contributed by atoms with Crippen molar-refractivity contribution < 1.29 is 26.4 Å². The second-order valence-corrected chi connectivity index (χ2v) is 7.50. The maximum atomic E-state index is 12.7. The lowest BCUT2D eigenvalue weighted by Crippen LogP contribution is -2.23. The van der Waals surface area contributed by atoms with Crippen LogP contribution in [0.1, 0.15) is 10.5 Å². The van der Waals surface area contributed by atoms with Crippen LogP contribution in [0.4, 0.5) is 13.2 Å². The highest BCUT2D eigenvalue weighted by molar-refractivity contribution is 7.92. The highest BCUT2D eigenvalue weighted by Crippen LogP contribution is 2.30. The van der Waals surface area contributed by atoms with Gasteiger partial charge in [0, 0.05) is 38.6 Å². The summed E-state index contributed by atoms with van der Waals surface area (Å²) in [6.45, 7) is 0. The number of allylic oxidation sites excluding steroid dienone is 1. The number of carbonyl (C=O) groups excluding carboxylic acids is 1. The highest BCUT2D eigenvalue weighted by Gasteiger charge is 2.46. The SMILES string of the molecule is CN(C)/C=C/C(=O)c1nn(-c2cccc(S(=O)(=O)C(F)(F)F)c2)ccc1=O. The number of aromatic nitrogens is 2. The van der Waals surface area contributed by atoms with Gasteiger partial charge in [0.15, 0.2) is 5.69 Å². The standard InChI is InChI=1S/C16H14F3N3O4S/c1-21(2)8-6-13(23)15-14(24)7-9-22(20-15)11-4-3-5-12(10-11)27(25,26)16(17,18)19/h3-10H,1-2H3/b8-6+. The lowest BCUT2D eigenvalue weighted by Gasteiger charge is -2.11. The molecule has 1 heterocycles. The van der Waals surface area contributed by atoms with E-state index < -0.39 is 37.1 Å². The molecule has 0 atom stereocenters. The minimum atomic E-state index is -5.55. The Balaban J connectivity index is 2.52. The molecule has 0 bridgehead atoms. The summed E-state index contributed by atoms with van der Waals surface area (Å²) in [6.07, 6.45) is 3.63. The topological polar surface area (TPSA) is 89.3 Å². The molecule has 0 aliphatic heterocycles. The molecule has 7 nitrogen and oxygen atoms in total. The van der Waals surface area contributed by atoms with Crippen LogP contribution in [0.25, 0.3) is 5.69 Å². The van der Waals surface area contributed by atoms with Crippen LogP contribution in [0.2, 0.25) is 0 Å². The maximum Gasteiger partial charge on any atom is 0.501 e. The smallest absolute Gasteiger partial charge is 0.383 e. The molecule has 0 aliphatic carbocycles. The first-order chi connectivity index (χ1) is 12.4. The molecule has 144 valence electrons. The second kappa shape index (κ2) is 7.35. The summed E-state index contributed by atoms with van der Waals surface area (Å²) >= 11 is 0. The van der Waals surface area contributed by atoms with Gasteiger partial charge in [-0.1, -0.05) is 6.07 Å². The van der Waals surface area contributed by atoms with E-state index >= 15 is 0 Å². The van der Waals surface area contributed by atoms with E-state index in [4.69, 9.17) is 0 Å². The van der Waals surface area contributed by atoms with Crippen molar-refractivity contribution in [2.75, 3.05) is 14.1 Å². The summed E-state index contributed by atoms with van der Waals surface area (Å²) < 4.78 is 62.2. The first-order valence-electron chi connectivity index (χ1n) is 7.34. The van der Waals surface area contributed by atoms with Crippen LogP contribution >= 0.6 is 0 Å². The lowest BCUT2D eigenvalue weighted by molar-refractivity contribution is -0.0436. The summed E-state index contributed by atoms with van der Waals surface area (Å²) in [5.74, 6) is -0.706. The molecule has 2 aromatic rings. The fraction of sp³-hybridized carbons (Fsp3) is 0.188. The van der Waals surface area contributed by atoms with E-state index in [1.807, 2.05) is 0 Å². The number of sulfone groups is 1. The van der Waals surface area contributed by atoms with Crippen LogP contribution in [-0.4, -0.2) is 48.5 Å². The maximum absolute atomic E-state index is 12.7. The third kappa shape index (κ3) is 4.42. The number of benzene rings is 1. The third-order valence-electron chi connectivity index (χ3n) is 3.26. The van der Waals surface area contributed by atoms with Gasteiger partial charge in [0.1, 0.15) is 0 Å². The first-order valence-corrected chi connectivity index (χ1v) is 8.82. The van der Waals surface area contributed by atoms with E-state index in [0.717, 1.165) is 41.2 Å².